The first-order valence-corrected chi connectivity index (χ1v) is 5.79. The molecule has 0 radical (unpaired) electrons. The Balaban J connectivity index is 0.00000180. The fourth-order valence-corrected chi connectivity index (χ4v) is 1.56. The number of aromatic hydroxyl groups is 1. The third-order valence-electron chi connectivity index (χ3n) is 2.30. The Morgan fingerprint density at radius 3 is 2.25 bits per heavy atom. The fraction of sp³-hybridized carbons (Fsp3) is 0. The van der Waals surface area contributed by atoms with Gasteiger partial charge in [-0.1, -0.05) is 47.5 Å². The second-order valence-electron chi connectivity index (χ2n) is 3.57. The van der Waals surface area contributed by atoms with Crippen molar-refractivity contribution < 1.29 is 25.5 Å². The van der Waals surface area contributed by atoms with Crippen LogP contribution in [0, 0.1) is 0 Å². The maximum Gasteiger partial charge on any atom is 0.124 e. The Labute approximate surface area is 137 Å². The molecule has 0 aromatic heterocycles. The van der Waals surface area contributed by atoms with E-state index in [2.05, 4.69) is 10.2 Å². The molecule has 6 heteroatoms. The monoisotopic (exact) mass is 378 g/mol. The number of phenolic OH excluding ortho intramolecular Hbond substituents is 1. The van der Waals surface area contributed by atoms with Gasteiger partial charge >= 0.3 is 0 Å². The number of benzene rings is 2. The van der Waals surface area contributed by atoms with E-state index in [-0.39, 0.29) is 32.3 Å². The summed E-state index contributed by atoms with van der Waals surface area (Å²) in [7, 11) is 0. The molecular formula is C14H14N3OPdS-. The van der Waals surface area contributed by atoms with Gasteiger partial charge < -0.3 is 23.9 Å². The molecule has 0 fully saturated rings. The van der Waals surface area contributed by atoms with Crippen LogP contribution in [0.2, 0.25) is 0 Å². The fourth-order valence-electron chi connectivity index (χ4n) is 1.38. The SMILES string of the molecule is N.Oc1ccccc1/C=N\N=C(/[S-])c1ccccc1.[Pd]. The molecule has 0 atom stereocenters. The maximum absolute atomic E-state index is 9.53. The third-order valence-corrected chi connectivity index (χ3v) is 2.62. The van der Waals surface area contributed by atoms with Crippen LogP contribution in [0.1, 0.15) is 11.1 Å². The van der Waals surface area contributed by atoms with Crippen LogP contribution >= 0.6 is 0 Å². The van der Waals surface area contributed by atoms with E-state index in [4.69, 9.17) is 12.6 Å². The summed E-state index contributed by atoms with van der Waals surface area (Å²) >= 11 is 5.13. The van der Waals surface area contributed by atoms with Gasteiger partial charge in [0, 0.05) is 26.0 Å². The summed E-state index contributed by atoms with van der Waals surface area (Å²) in [6, 6.07) is 16.4. The van der Waals surface area contributed by atoms with Crippen molar-refractivity contribution in [1.82, 2.24) is 6.15 Å². The largest absolute Gasteiger partial charge is 0.758 e. The van der Waals surface area contributed by atoms with Gasteiger partial charge in [-0.15, -0.1) is 0 Å². The molecule has 0 saturated heterocycles. The minimum Gasteiger partial charge on any atom is -0.758 e. The van der Waals surface area contributed by atoms with Gasteiger partial charge in [0.15, 0.2) is 0 Å². The van der Waals surface area contributed by atoms with Gasteiger partial charge in [0.25, 0.3) is 0 Å². The molecule has 4 N–H and O–H groups in total. The molecule has 2 aromatic rings. The summed E-state index contributed by atoms with van der Waals surface area (Å²) in [5.41, 5.74) is 1.46. The first-order valence-electron chi connectivity index (χ1n) is 5.39. The van der Waals surface area contributed by atoms with E-state index in [0.717, 1.165) is 5.56 Å². The normalized spacial score (nSPS) is 10.7. The number of nitrogens with zero attached hydrogens (tertiary/aromatic N) is 2. The summed E-state index contributed by atoms with van der Waals surface area (Å²) in [5, 5.41) is 17.7. The van der Waals surface area contributed by atoms with Gasteiger partial charge in [0.2, 0.25) is 0 Å². The summed E-state index contributed by atoms with van der Waals surface area (Å²) in [6.45, 7) is 0. The van der Waals surface area contributed by atoms with Crippen molar-refractivity contribution in [3.8, 4) is 5.75 Å². The minimum absolute atomic E-state index is 0. The molecule has 108 valence electrons. The number of phenols is 1. The average molecular weight is 379 g/mol. The second-order valence-corrected chi connectivity index (χ2v) is 3.96. The Hall–Kier alpha value is -1.58. The molecule has 0 bridgehead atoms. The number of para-hydroxylation sites is 1. The molecule has 4 nitrogen and oxygen atoms in total. The molecule has 0 amide bonds. The predicted molar refractivity (Wildman–Crippen MR) is 81.1 cm³/mol. The second kappa shape index (κ2) is 9.35. The smallest absolute Gasteiger partial charge is 0.124 e. The zero-order valence-corrected chi connectivity index (χ0v) is 12.9. The molecule has 0 aliphatic rings. The summed E-state index contributed by atoms with van der Waals surface area (Å²) in [6.07, 6.45) is 1.48. The van der Waals surface area contributed by atoms with Crippen molar-refractivity contribution >= 4 is 23.9 Å². The Bertz CT molecular complexity index is 588. The Morgan fingerprint density at radius 2 is 1.60 bits per heavy atom. The van der Waals surface area contributed by atoms with Gasteiger partial charge in [0.05, 0.1) is 6.21 Å². The van der Waals surface area contributed by atoms with Crippen LogP contribution in [0.25, 0.3) is 0 Å². The van der Waals surface area contributed by atoms with E-state index >= 15 is 0 Å². The number of hydrogen-bond donors (Lipinski definition) is 2. The van der Waals surface area contributed by atoms with Crippen LogP contribution in [0.4, 0.5) is 0 Å². The van der Waals surface area contributed by atoms with E-state index < -0.39 is 0 Å². The average Bonchev–Trinajstić information content (AvgIpc) is 2.42. The molecule has 0 aliphatic carbocycles. The van der Waals surface area contributed by atoms with Crippen LogP contribution in [-0.4, -0.2) is 16.4 Å². The van der Waals surface area contributed by atoms with Gasteiger partial charge in [0.1, 0.15) is 5.75 Å². The van der Waals surface area contributed by atoms with E-state index in [0.29, 0.717) is 10.6 Å². The molecule has 20 heavy (non-hydrogen) atoms. The van der Waals surface area contributed by atoms with Crippen LogP contribution in [0.3, 0.4) is 0 Å². The van der Waals surface area contributed by atoms with Gasteiger partial charge in [-0.05, 0) is 17.7 Å². The molecule has 0 heterocycles. The molecule has 0 spiro atoms. The zero-order valence-electron chi connectivity index (χ0n) is 10.5. The van der Waals surface area contributed by atoms with Crippen molar-refractivity contribution in [2.75, 3.05) is 0 Å². The van der Waals surface area contributed by atoms with E-state index in [1.54, 1.807) is 18.2 Å². The first kappa shape index (κ1) is 18.4. The van der Waals surface area contributed by atoms with E-state index in [9.17, 15) is 5.11 Å². The Kier molecular flexibility index (Phi) is 8.61. The summed E-state index contributed by atoms with van der Waals surface area (Å²) < 4.78 is 0. The number of rotatable bonds is 3. The summed E-state index contributed by atoms with van der Waals surface area (Å²) in [4.78, 5) is 0. The van der Waals surface area contributed by atoms with Crippen molar-refractivity contribution in [3.63, 3.8) is 0 Å². The van der Waals surface area contributed by atoms with Gasteiger partial charge in [-0.2, -0.15) is 10.2 Å². The van der Waals surface area contributed by atoms with Crippen LogP contribution in [-0.2, 0) is 33.1 Å². The molecular weight excluding hydrogens is 365 g/mol. The zero-order chi connectivity index (χ0) is 12.8. The van der Waals surface area contributed by atoms with E-state index in [1.807, 2.05) is 36.4 Å². The molecule has 2 aromatic carbocycles. The minimum atomic E-state index is 0. The van der Waals surface area contributed by atoms with Gasteiger partial charge in [-0.3, -0.25) is 0 Å². The molecule has 0 saturated carbocycles. The van der Waals surface area contributed by atoms with Crippen LogP contribution in [0.15, 0.2) is 64.8 Å². The third kappa shape index (κ3) is 5.19. The van der Waals surface area contributed by atoms with Crippen molar-refractivity contribution in [2.45, 2.75) is 0 Å². The Morgan fingerprint density at radius 1 is 1.00 bits per heavy atom. The first-order chi connectivity index (χ1) is 8.77. The van der Waals surface area contributed by atoms with Crippen molar-refractivity contribution in [1.29, 1.82) is 0 Å². The molecule has 0 aliphatic heterocycles. The molecule has 0 unspecified atom stereocenters. The maximum atomic E-state index is 9.53. The van der Waals surface area contributed by atoms with Crippen LogP contribution in [0.5, 0.6) is 5.75 Å². The quantitative estimate of drug-likeness (QED) is 0.283. The summed E-state index contributed by atoms with van der Waals surface area (Å²) in [5.74, 6) is 0.169. The molecule has 2 rings (SSSR count). The topological polar surface area (TPSA) is 80.0 Å². The standard InChI is InChI=1S/C14H12N2OS.H3N.Pd/c17-13-9-5-4-8-12(13)10-15-16-14(18)11-6-2-1-3-7-11;;/h1-10,17H,(H,16,18);1H3;/p-1/b15-10-;;. The number of hydrogen-bond acceptors (Lipinski definition) is 5. The van der Waals surface area contributed by atoms with Crippen molar-refractivity contribution in [3.05, 3.63) is 65.7 Å². The van der Waals surface area contributed by atoms with Gasteiger partial charge in [-0.25, -0.2) is 0 Å². The van der Waals surface area contributed by atoms with E-state index in [1.165, 1.54) is 6.21 Å². The van der Waals surface area contributed by atoms with Crippen molar-refractivity contribution in [2.24, 2.45) is 10.2 Å². The predicted octanol–water partition coefficient (Wildman–Crippen LogP) is 2.88. The van der Waals surface area contributed by atoms with Crippen LogP contribution < -0.4 is 6.15 Å².